The summed E-state index contributed by atoms with van der Waals surface area (Å²) < 4.78 is 0. The van der Waals surface area contributed by atoms with E-state index >= 15 is 0 Å². The van der Waals surface area contributed by atoms with Gasteiger partial charge in [0.1, 0.15) is 5.75 Å². The monoisotopic (exact) mass is 247 g/mol. The molecule has 0 aliphatic heterocycles. The first-order chi connectivity index (χ1) is 8.16. The van der Waals surface area contributed by atoms with E-state index < -0.39 is 0 Å². The van der Waals surface area contributed by atoms with Crippen LogP contribution >= 0.6 is 11.3 Å². The van der Waals surface area contributed by atoms with Crippen molar-refractivity contribution in [1.29, 1.82) is 0 Å². The highest BCUT2D eigenvalue weighted by molar-refractivity contribution is 7.10. The van der Waals surface area contributed by atoms with Gasteiger partial charge in [-0.2, -0.15) is 0 Å². The van der Waals surface area contributed by atoms with Gasteiger partial charge in [0.25, 0.3) is 0 Å². The van der Waals surface area contributed by atoms with Crippen LogP contribution in [0.25, 0.3) is 0 Å². The van der Waals surface area contributed by atoms with Crippen LogP contribution in [-0.4, -0.2) is 5.11 Å². The molecule has 3 heteroatoms. The van der Waals surface area contributed by atoms with Gasteiger partial charge in [-0.25, -0.2) is 0 Å². The van der Waals surface area contributed by atoms with E-state index in [-0.39, 0.29) is 0 Å². The summed E-state index contributed by atoms with van der Waals surface area (Å²) in [6.45, 7) is 4.86. The Morgan fingerprint density at radius 3 is 2.88 bits per heavy atom. The van der Waals surface area contributed by atoms with Crippen LogP contribution in [0, 0.1) is 6.92 Å². The van der Waals surface area contributed by atoms with Crippen molar-refractivity contribution in [1.82, 2.24) is 5.32 Å². The Morgan fingerprint density at radius 1 is 1.35 bits per heavy atom. The van der Waals surface area contributed by atoms with Crippen molar-refractivity contribution >= 4 is 11.3 Å². The summed E-state index contributed by atoms with van der Waals surface area (Å²) in [4.78, 5) is 1.32. The van der Waals surface area contributed by atoms with E-state index in [1.54, 1.807) is 17.4 Å². The molecule has 0 fully saturated rings. The number of aromatic hydroxyl groups is 1. The Bertz CT molecular complexity index is 479. The number of aryl methyl sites for hydroxylation is 1. The second-order valence-electron chi connectivity index (χ2n) is 4.25. The molecule has 0 bridgehead atoms. The molecule has 0 amide bonds. The summed E-state index contributed by atoms with van der Waals surface area (Å²) in [6, 6.07) is 10.2. The highest BCUT2D eigenvalue weighted by atomic mass is 32.1. The van der Waals surface area contributed by atoms with Crippen LogP contribution < -0.4 is 5.32 Å². The van der Waals surface area contributed by atoms with Crippen molar-refractivity contribution in [3.05, 3.63) is 51.7 Å². The van der Waals surface area contributed by atoms with Gasteiger partial charge in [0.05, 0.1) is 0 Å². The van der Waals surface area contributed by atoms with Gasteiger partial charge >= 0.3 is 0 Å². The molecular formula is C14H17NOS. The van der Waals surface area contributed by atoms with Crippen LogP contribution in [0.4, 0.5) is 0 Å². The number of thiophene rings is 1. The minimum absolute atomic E-state index is 0.315. The molecule has 0 radical (unpaired) electrons. The summed E-state index contributed by atoms with van der Waals surface area (Å²) >= 11 is 1.75. The summed E-state index contributed by atoms with van der Waals surface area (Å²) in [5.41, 5.74) is 2.12. The molecule has 2 nitrogen and oxygen atoms in total. The largest absolute Gasteiger partial charge is 0.508 e. The molecule has 1 heterocycles. The molecule has 0 aliphatic carbocycles. The lowest BCUT2D eigenvalue weighted by atomic mass is 10.1. The molecule has 0 aliphatic rings. The molecule has 17 heavy (non-hydrogen) atoms. The van der Waals surface area contributed by atoms with Gasteiger partial charge in [-0.1, -0.05) is 23.8 Å². The summed E-state index contributed by atoms with van der Waals surface area (Å²) in [6.07, 6.45) is 0. The Balaban J connectivity index is 2.00. The van der Waals surface area contributed by atoms with E-state index in [1.165, 1.54) is 10.4 Å². The van der Waals surface area contributed by atoms with Crippen molar-refractivity contribution in [3.63, 3.8) is 0 Å². The maximum Gasteiger partial charge on any atom is 0.120 e. The fraction of sp³-hybridized carbons (Fsp3) is 0.286. The van der Waals surface area contributed by atoms with E-state index in [9.17, 15) is 5.11 Å². The molecule has 1 aromatic heterocycles. The Hall–Kier alpha value is -1.32. The second kappa shape index (κ2) is 5.34. The van der Waals surface area contributed by atoms with Gasteiger partial charge in [0, 0.05) is 23.0 Å². The second-order valence-corrected chi connectivity index (χ2v) is 5.23. The lowest BCUT2D eigenvalue weighted by Crippen LogP contribution is -2.17. The van der Waals surface area contributed by atoms with Gasteiger partial charge in [-0.3, -0.25) is 0 Å². The van der Waals surface area contributed by atoms with E-state index in [1.807, 2.05) is 19.1 Å². The maximum absolute atomic E-state index is 9.74. The summed E-state index contributed by atoms with van der Waals surface area (Å²) in [5.74, 6) is 0.362. The molecular weight excluding hydrogens is 230 g/mol. The third-order valence-corrected chi connectivity index (χ3v) is 3.86. The van der Waals surface area contributed by atoms with Crippen LogP contribution in [-0.2, 0) is 6.54 Å². The zero-order valence-corrected chi connectivity index (χ0v) is 10.9. The first kappa shape index (κ1) is 12.1. The van der Waals surface area contributed by atoms with Crippen LogP contribution in [0.2, 0.25) is 0 Å². The molecule has 0 saturated heterocycles. The third kappa shape index (κ3) is 3.08. The van der Waals surface area contributed by atoms with E-state index in [0.717, 1.165) is 5.56 Å². The van der Waals surface area contributed by atoms with Crippen LogP contribution in [0.15, 0.2) is 35.7 Å². The van der Waals surface area contributed by atoms with E-state index in [4.69, 9.17) is 0 Å². The minimum atomic E-state index is 0.315. The quantitative estimate of drug-likeness (QED) is 0.865. The Kier molecular flexibility index (Phi) is 3.82. The molecule has 0 spiro atoms. The van der Waals surface area contributed by atoms with Gasteiger partial charge < -0.3 is 10.4 Å². The number of benzene rings is 1. The number of hydrogen-bond acceptors (Lipinski definition) is 3. The fourth-order valence-electron chi connectivity index (χ4n) is 1.76. The van der Waals surface area contributed by atoms with Gasteiger partial charge in [-0.15, -0.1) is 11.3 Å². The third-order valence-electron chi connectivity index (χ3n) is 2.80. The Morgan fingerprint density at radius 2 is 2.18 bits per heavy atom. The zero-order valence-electron chi connectivity index (χ0n) is 10.1. The first-order valence-corrected chi connectivity index (χ1v) is 6.60. The van der Waals surface area contributed by atoms with E-state index in [0.29, 0.717) is 18.3 Å². The highest BCUT2D eigenvalue weighted by Gasteiger charge is 2.07. The van der Waals surface area contributed by atoms with Gasteiger partial charge in [0.2, 0.25) is 0 Å². The molecule has 1 atom stereocenters. The summed E-state index contributed by atoms with van der Waals surface area (Å²) in [5, 5.41) is 15.2. The standard InChI is InChI=1S/C14H17NOS/c1-10-5-6-13(16)12(8-10)9-15-11(2)14-4-3-7-17-14/h3-8,11,15-16H,9H2,1-2H3. The lowest BCUT2D eigenvalue weighted by Gasteiger charge is -2.13. The first-order valence-electron chi connectivity index (χ1n) is 5.72. The number of hydrogen-bond donors (Lipinski definition) is 2. The van der Waals surface area contributed by atoms with Crippen molar-refractivity contribution in [2.24, 2.45) is 0 Å². The van der Waals surface area contributed by atoms with Crippen molar-refractivity contribution in [2.75, 3.05) is 0 Å². The predicted octanol–water partition coefficient (Wildman–Crippen LogP) is 3.61. The predicted molar refractivity (Wildman–Crippen MR) is 72.4 cm³/mol. The zero-order chi connectivity index (χ0) is 12.3. The Labute approximate surface area is 106 Å². The van der Waals surface area contributed by atoms with Gasteiger partial charge in [0.15, 0.2) is 0 Å². The molecule has 2 N–H and O–H groups in total. The smallest absolute Gasteiger partial charge is 0.120 e. The van der Waals surface area contributed by atoms with Crippen molar-refractivity contribution < 1.29 is 5.11 Å². The maximum atomic E-state index is 9.74. The molecule has 0 saturated carbocycles. The normalized spacial score (nSPS) is 12.6. The van der Waals surface area contributed by atoms with Gasteiger partial charge in [-0.05, 0) is 31.4 Å². The molecule has 90 valence electrons. The minimum Gasteiger partial charge on any atom is -0.508 e. The number of nitrogens with one attached hydrogen (secondary N) is 1. The highest BCUT2D eigenvalue weighted by Crippen LogP contribution is 2.21. The van der Waals surface area contributed by atoms with E-state index in [2.05, 4.69) is 29.8 Å². The topological polar surface area (TPSA) is 32.3 Å². The summed E-state index contributed by atoms with van der Waals surface area (Å²) in [7, 11) is 0. The average molecular weight is 247 g/mol. The number of phenols is 1. The average Bonchev–Trinajstić information content (AvgIpc) is 2.83. The van der Waals surface area contributed by atoms with Crippen LogP contribution in [0.5, 0.6) is 5.75 Å². The molecule has 1 aromatic carbocycles. The van der Waals surface area contributed by atoms with Crippen molar-refractivity contribution in [2.45, 2.75) is 26.4 Å². The molecule has 2 rings (SSSR count). The SMILES string of the molecule is Cc1ccc(O)c(CNC(C)c2cccs2)c1. The van der Waals surface area contributed by atoms with Crippen LogP contribution in [0.3, 0.4) is 0 Å². The number of rotatable bonds is 4. The fourth-order valence-corrected chi connectivity index (χ4v) is 2.52. The van der Waals surface area contributed by atoms with Crippen LogP contribution in [0.1, 0.15) is 29.0 Å². The molecule has 1 unspecified atom stereocenters. The number of phenolic OH excluding ortho intramolecular Hbond substituents is 1. The molecule has 2 aromatic rings. The lowest BCUT2D eigenvalue weighted by molar-refractivity contribution is 0.460. The van der Waals surface area contributed by atoms with Crippen molar-refractivity contribution in [3.8, 4) is 5.75 Å².